The number of amides is 1. The van der Waals surface area contributed by atoms with Crippen molar-refractivity contribution in [3.63, 3.8) is 0 Å². The van der Waals surface area contributed by atoms with Gasteiger partial charge in [-0.1, -0.05) is 18.2 Å². The Morgan fingerprint density at radius 2 is 2.00 bits per heavy atom. The minimum atomic E-state index is -0.528. The molecule has 4 heteroatoms. The summed E-state index contributed by atoms with van der Waals surface area (Å²) in [5.74, 6) is -0.886. The largest absolute Gasteiger partial charge is 0.346 e. The van der Waals surface area contributed by atoms with Gasteiger partial charge >= 0.3 is 0 Å². The number of hydrogen-bond donors (Lipinski definition) is 1. The fraction of sp³-hybridized carbons (Fsp3) is 0.333. The lowest BCUT2D eigenvalue weighted by molar-refractivity contribution is -0.126. The van der Waals surface area contributed by atoms with E-state index in [0.29, 0.717) is 5.56 Å². The van der Waals surface area contributed by atoms with Crippen LogP contribution < -0.4 is 5.32 Å². The number of ketones is 1. The highest BCUT2D eigenvalue weighted by atomic mass is 19.1. The molecule has 1 aromatic rings. The van der Waals surface area contributed by atoms with Crippen molar-refractivity contribution in [2.75, 3.05) is 0 Å². The molecule has 0 aliphatic heterocycles. The SMILES string of the molecule is CC(=O)C(C)NC(=O)Cc1ccccc1F. The summed E-state index contributed by atoms with van der Waals surface area (Å²) < 4.78 is 13.2. The number of benzene rings is 1. The van der Waals surface area contributed by atoms with Crippen LogP contribution in [0.4, 0.5) is 4.39 Å². The van der Waals surface area contributed by atoms with Gasteiger partial charge in [0.1, 0.15) is 5.82 Å². The van der Waals surface area contributed by atoms with E-state index in [1.165, 1.54) is 13.0 Å². The predicted octanol–water partition coefficient (Wildman–Crippen LogP) is 1.46. The molecule has 1 atom stereocenters. The molecular weight excluding hydrogens is 209 g/mol. The Morgan fingerprint density at radius 3 is 2.56 bits per heavy atom. The van der Waals surface area contributed by atoms with Crippen molar-refractivity contribution in [3.8, 4) is 0 Å². The van der Waals surface area contributed by atoms with Gasteiger partial charge in [0.15, 0.2) is 5.78 Å². The van der Waals surface area contributed by atoms with Crippen molar-refractivity contribution >= 4 is 11.7 Å². The normalized spacial score (nSPS) is 11.9. The average Bonchev–Trinajstić information content (AvgIpc) is 2.21. The number of rotatable bonds is 4. The molecule has 1 unspecified atom stereocenters. The third-order valence-corrected chi connectivity index (χ3v) is 2.30. The van der Waals surface area contributed by atoms with Crippen molar-refractivity contribution in [1.82, 2.24) is 5.32 Å². The van der Waals surface area contributed by atoms with Gasteiger partial charge in [0.05, 0.1) is 12.5 Å². The van der Waals surface area contributed by atoms with Crippen LogP contribution in [0.5, 0.6) is 0 Å². The van der Waals surface area contributed by atoms with Crippen LogP contribution in [0.15, 0.2) is 24.3 Å². The highest BCUT2D eigenvalue weighted by molar-refractivity contribution is 5.87. The molecule has 86 valence electrons. The van der Waals surface area contributed by atoms with E-state index in [4.69, 9.17) is 0 Å². The first-order valence-electron chi connectivity index (χ1n) is 5.04. The van der Waals surface area contributed by atoms with Gasteiger partial charge in [-0.25, -0.2) is 4.39 Å². The zero-order chi connectivity index (χ0) is 12.1. The van der Waals surface area contributed by atoms with Gasteiger partial charge < -0.3 is 5.32 Å². The highest BCUT2D eigenvalue weighted by Gasteiger charge is 2.12. The van der Waals surface area contributed by atoms with E-state index in [-0.39, 0.29) is 18.1 Å². The maximum absolute atomic E-state index is 13.2. The van der Waals surface area contributed by atoms with E-state index in [9.17, 15) is 14.0 Å². The first-order valence-corrected chi connectivity index (χ1v) is 5.04. The predicted molar refractivity (Wildman–Crippen MR) is 58.4 cm³/mol. The molecule has 1 rings (SSSR count). The Morgan fingerprint density at radius 1 is 1.38 bits per heavy atom. The van der Waals surface area contributed by atoms with E-state index in [2.05, 4.69) is 5.32 Å². The van der Waals surface area contributed by atoms with Crippen LogP contribution in [0, 0.1) is 5.82 Å². The molecular formula is C12H14FNO2. The molecule has 0 spiro atoms. The number of halogens is 1. The van der Waals surface area contributed by atoms with Crippen LogP contribution in [0.2, 0.25) is 0 Å². The first-order chi connectivity index (χ1) is 7.50. The van der Waals surface area contributed by atoms with Crippen molar-refractivity contribution < 1.29 is 14.0 Å². The average molecular weight is 223 g/mol. The molecule has 0 fully saturated rings. The summed E-state index contributed by atoms with van der Waals surface area (Å²) in [5.41, 5.74) is 0.329. The Balaban J connectivity index is 2.59. The van der Waals surface area contributed by atoms with E-state index < -0.39 is 11.9 Å². The minimum absolute atomic E-state index is 0.0513. The van der Waals surface area contributed by atoms with Gasteiger partial charge in [-0.05, 0) is 25.5 Å². The number of carbonyl (C=O) groups excluding carboxylic acids is 2. The third-order valence-electron chi connectivity index (χ3n) is 2.30. The second-order valence-corrected chi connectivity index (χ2v) is 3.67. The van der Waals surface area contributed by atoms with Crippen LogP contribution in [0.1, 0.15) is 19.4 Å². The number of Topliss-reactive ketones (excluding diaryl/α,β-unsaturated/α-hetero) is 1. The Labute approximate surface area is 93.7 Å². The smallest absolute Gasteiger partial charge is 0.225 e. The van der Waals surface area contributed by atoms with Gasteiger partial charge in [-0.15, -0.1) is 0 Å². The molecule has 0 bridgehead atoms. The molecule has 0 aromatic heterocycles. The molecule has 0 aliphatic rings. The summed E-state index contributed by atoms with van der Waals surface area (Å²) in [7, 11) is 0. The van der Waals surface area contributed by atoms with Crippen LogP contribution in [-0.2, 0) is 16.0 Å². The first kappa shape index (κ1) is 12.4. The quantitative estimate of drug-likeness (QED) is 0.840. The molecule has 0 saturated heterocycles. The molecule has 1 amide bonds. The Bertz CT molecular complexity index is 404. The fourth-order valence-electron chi connectivity index (χ4n) is 1.21. The fourth-order valence-corrected chi connectivity index (χ4v) is 1.21. The topological polar surface area (TPSA) is 46.2 Å². The van der Waals surface area contributed by atoms with Gasteiger partial charge in [0.25, 0.3) is 0 Å². The van der Waals surface area contributed by atoms with Crippen molar-refractivity contribution in [3.05, 3.63) is 35.6 Å². The zero-order valence-electron chi connectivity index (χ0n) is 9.29. The molecule has 0 saturated carbocycles. The van der Waals surface area contributed by atoms with E-state index in [1.807, 2.05) is 0 Å². The zero-order valence-corrected chi connectivity index (χ0v) is 9.29. The van der Waals surface area contributed by atoms with Crippen LogP contribution in [-0.4, -0.2) is 17.7 Å². The molecule has 16 heavy (non-hydrogen) atoms. The standard InChI is InChI=1S/C12H14FNO2/c1-8(9(2)15)14-12(16)7-10-5-3-4-6-11(10)13/h3-6,8H,7H2,1-2H3,(H,14,16). The third kappa shape index (κ3) is 3.46. The number of carbonyl (C=O) groups is 2. The van der Waals surface area contributed by atoms with E-state index >= 15 is 0 Å². The number of nitrogens with one attached hydrogen (secondary N) is 1. The Hall–Kier alpha value is -1.71. The minimum Gasteiger partial charge on any atom is -0.346 e. The summed E-state index contributed by atoms with van der Waals surface area (Å²) in [4.78, 5) is 22.4. The summed E-state index contributed by atoms with van der Waals surface area (Å²) in [6.45, 7) is 3.00. The lowest BCUT2D eigenvalue weighted by Gasteiger charge is -2.10. The van der Waals surface area contributed by atoms with E-state index in [1.54, 1.807) is 25.1 Å². The van der Waals surface area contributed by atoms with Gasteiger partial charge in [-0.3, -0.25) is 9.59 Å². The van der Waals surface area contributed by atoms with Crippen molar-refractivity contribution in [1.29, 1.82) is 0 Å². The maximum Gasteiger partial charge on any atom is 0.225 e. The van der Waals surface area contributed by atoms with Gasteiger partial charge in [0.2, 0.25) is 5.91 Å². The van der Waals surface area contributed by atoms with Crippen molar-refractivity contribution in [2.45, 2.75) is 26.3 Å². The van der Waals surface area contributed by atoms with Crippen LogP contribution in [0.3, 0.4) is 0 Å². The molecule has 0 aliphatic carbocycles. The second kappa shape index (κ2) is 5.39. The molecule has 1 N–H and O–H groups in total. The van der Waals surface area contributed by atoms with Gasteiger partial charge in [0, 0.05) is 0 Å². The highest BCUT2D eigenvalue weighted by Crippen LogP contribution is 2.06. The molecule has 0 radical (unpaired) electrons. The summed E-state index contributed by atoms with van der Waals surface area (Å²) in [6.07, 6.45) is -0.0513. The molecule has 1 aromatic carbocycles. The lowest BCUT2D eigenvalue weighted by atomic mass is 10.1. The lowest BCUT2D eigenvalue weighted by Crippen LogP contribution is -2.38. The summed E-state index contributed by atoms with van der Waals surface area (Å²) in [6, 6.07) is 5.55. The maximum atomic E-state index is 13.2. The van der Waals surface area contributed by atoms with E-state index in [0.717, 1.165) is 0 Å². The van der Waals surface area contributed by atoms with Gasteiger partial charge in [-0.2, -0.15) is 0 Å². The monoisotopic (exact) mass is 223 g/mol. The number of hydrogen-bond acceptors (Lipinski definition) is 2. The summed E-state index contributed by atoms with van der Waals surface area (Å²) in [5, 5.41) is 2.50. The molecule has 0 heterocycles. The molecule has 3 nitrogen and oxygen atoms in total. The van der Waals surface area contributed by atoms with Crippen molar-refractivity contribution in [2.24, 2.45) is 0 Å². The second-order valence-electron chi connectivity index (χ2n) is 3.67. The Kier molecular flexibility index (Phi) is 4.17. The van der Waals surface area contributed by atoms with Crippen LogP contribution in [0.25, 0.3) is 0 Å². The van der Waals surface area contributed by atoms with Crippen LogP contribution >= 0.6 is 0 Å². The summed E-state index contributed by atoms with van der Waals surface area (Å²) >= 11 is 0.